The number of aromatic amines is 1. The van der Waals surface area contributed by atoms with Gasteiger partial charge in [0.1, 0.15) is 5.82 Å². The second-order valence-electron chi connectivity index (χ2n) is 6.16. The van der Waals surface area contributed by atoms with E-state index in [1.54, 1.807) is 24.3 Å². The van der Waals surface area contributed by atoms with Crippen LogP contribution in [0.15, 0.2) is 59.2 Å². The number of carbonyl (C=O) groups excluding carboxylic acids is 2. The summed E-state index contributed by atoms with van der Waals surface area (Å²) >= 11 is 1.22. The highest BCUT2D eigenvalue weighted by molar-refractivity contribution is 7.18. The molecule has 0 bridgehead atoms. The van der Waals surface area contributed by atoms with E-state index in [9.17, 15) is 9.59 Å². The fraction of sp³-hybridized carbons (Fsp3) is 0.150. The summed E-state index contributed by atoms with van der Waals surface area (Å²) in [5.74, 6) is 0.636. The van der Waals surface area contributed by atoms with Gasteiger partial charge in [0.15, 0.2) is 5.76 Å². The van der Waals surface area contributed by atoms with E-state index in [-0.39, 0.29) is 17.6 Å². The number of hydrogen-bond donors (Lipinski definition) is 3. The van der Waals surface area contributed by atoms with Gasteiger partial charge in [-0.1, -0.05) is 12.1 Å². The Bertz CT molecular complexity index is 1060. The lowest BCUT2D eigenvalue weighted by atomic mass is 10.3. The Morgan fingerprint density at radius 1 is 1.07 bits per heavy atom. The van der Waals surface area contributed by atoms with E-state index in [0.29, 0.717) is 16.4 Å². The zero-order valence-corrected chi connectivity index (χ0v) is 15.7. The van der Waals surface area contributed by atoms with Gasteiger partial charge >= 0.3 is 0 Å². The standard InChI is InChI=1S/C20H18N4O3S/c25-19(15-7-4-12-27-15)24-18-10-9-16(28-18)20(26)21-11-3-8-17-22-13-5-1-2-6-14(13)23-17/h1-2,4-7,9-10,12H,3,8,11H2,(H,21,26)(H,22,23)(H,24,25). The molecule has 7 nitrogen and oxygen atoms in total. The highest BCUT2D eigenvalue weighted by atomic mass is 32.1. The van der Waals surface area contributed by atoms with Crippen LogP contribution in [0.4, 0.5) is 5.00 Å². The molecule has 8 heteroatoms. The van der Waals surface area contributed by atoms with E-state index in [1.807, 2.05) is 24.3 Å². The highest BCUT2D eigenvalue weighted by Crippen LogP contribution is 2.22. The molecule has 4 aromatic rings. The molecule has 1 aromatic carbocycles. The first-order chi connectivity index (χ1) is 13.7. The van der Waals surface area contributed by atoms with Gasteiger partial charge in [0.2, 0.25) is 0 Å². The van der Waals surface area contributed by atoms with E-state index in [4.69, 9.17) is 4.42 Å². The van der Waals surface area contributed by atoms with Crippen LogP contribution in [0.25, 0.3) is 11.0 Å². The average molecular weight is 394 g/mol. The van der Waals surface area contributed by atoms with Crippen molar-refractivity contribution >= 4 is 39.2 Å². The fourth-order valence-corrected chi connectivity index (χ4v) is 3.59. The number of aromatic nitrogens is 2. The van der Waals surface area contributed by atoms with Gasteiger partial charge in [0.05, 0.1) is 27.2 Å². The second kappa shape index (κ2) is 8.10. The molecule has 142 valence electrons. The van der Waals surface area contributed by atoms with Crippen molar-refractivity contribution < 1.29 is 14.0 Å². The second-order valence-corrected chi connectivity index (χ2v) is 7.24. The Kier molecular flexibility index (Phi) is 5.20. The van der Waals surface area contributed by atoms with E-state index >= 15 is 0 Å². The topological polar surface area (TPSA) is 100 Å². The third-order valence-electron chi connectivity index (χ3n) is 4.13. The summed E-state index contributed by atoms with van der Waals surface area (Å²) in [5.41, 5.74) is 1.97. The molecule has 2 amide bonds. The van der Waals surface area contributed by atoms with Crippen LogP contribution in [-0.2, 0) is 6.42 Å². The lowest BCUT2D eigenvalue weighted by Gasteiger charge is -2.02. The number of benzene rings is 1. The summed E-state index contributed by atoms with van der Waals surface area (Å²) in [4.78, 5) is 32.6. The number of H-pyrrole nitrogens is 1. The van der Waals surface area contributed by atoms with Crippen molar-refractivity contribution in [1.82, 2.24) is 15.3 Å². The number of carbonyl (C=O) groups is 2. The molecule has 3 aromatic heterocycles. The van der Waals surface area contributed by atoms with Gasteiger partial charge in [-0.3, -0.25) is 9.59 Å². The lowest BCUT2D eigenvalue weighted by Crippen LogP contribution is -2.23. The van der Waals surface area contributed by atoms with Gasteiger partial charge in [0, 0.05) is 13.0 Å². The van der Waals surface area contributed by atoms with Gasteiger partial charge in [0.25, 0.3) is 11.8 Å². The van der Waals surface area contributed by atoms with Crippen LogP contribution < -0.4 is 10.6 Å². The summed E-state index contributed by atoms with van der Waals surface area (Å²) in [6.45, 7) is 0.544. The van der Waals surface area contributed by atoms with Crippen LogP contribution in [0.3, 0.4) is 0 Å². The van der Waals surface area contributed by atoms with Gasteiger partial charge < -0.3 is 20.0 Å². The van der Waals surface area contributed by atoms with Gasteiger partial charge in [-0.25, -0.2) is 4.98 Å². The molecule has 3 N–H and O–H groups in total. The number of nitrogens with zero attached hydrogens (tertiary/aromatic N) is 1. The number of aryl methyl sites for hydroxylation is 1. The molecule has 0 aliphatic heterocycles. The summed E-state index contributed by atoms with van der Waals surface area (Å²) in [7, 11) is 0. The van der Waals surface area contributed by atoms with Crippen molar-refractivity contribution in [1.29, 1.82) is 0 Å². The molecule has 28 heavy (non-hydrogen) atoms. The Morgan fingerprint density at radius 2 is 1.96 bits per heavy atom. The molecule has 0 fully saturated rings. The number of imidazole rings is 1. The van der Waals surface area contributed by atoms with Gasteiger partial charge in [-0.15, -0.1) is 11.3 Å². The minimum atomic E-state index is -0.343. The van der Waals surface area contributed by atoms with Crippen LogP contribution in [0.1, 0.15) is 32.5 Å². The summed E-state index contributed by atoms with van der Waals surface area (Å²) in [5, 5.41) is 6.20. The number of hydrogen-bond acceptors (Lipinski definition) is 5. The molecule has 0 saturated carbocycles. The fourth-order valence-electron chi connectivity index (χ4n) is 2.78. The molecule has 3 heterocycles. The largest absolute Gasteiger partial charge is 0.459 e. The van der Waals surface area contributed by atoms with Crippen molar-refractivity contribution in [2.24, 2.45) is 0 Å². The maximum absolute atomic E-state index is 12.3. The quantitative estimate of drug-likeness (QED) is 0.415. The molecule has 0 aliphatic rings. The minimum absolute atomic E-state index is 0.159. The highest BCUT2D eigenvalue weighted by Gasteiger charge is 2.13. The zero-order chi connectivity index (χ0) is 19.3. The molecule has 0 unspecified atom stereocenters. The number of rotatable bonds is 7. The molecule has 0 radical (unpaired) electrons. The van der Waals surface area contributed by atoms with Crippen LogP contribution in [0.5, 0.6) is 0 Å². The van der Waals surface area contributed by atoms with Crippen molar-refractivity contribution in [3.8, 4) is 0 Å². The zero-order valence-electron chi connectivity index (χ0n) is 14.9. The molecule has 0 saturated heterocycles. The van der Waals surface area contributed by atoms with Crippen molar-refractivity contribution in [3.05, 3.63) is 71.3 Å². The van der Waals surface area contributed by atoms with E-state index in [1.165, 1.54) is 17.6 Å². The van der Waals surface area contributed by atoms with E-state index in [2.05, 4.69) is 20.6 Å². The number of fused-ring (bicyclic) bond motifs is 1. The van der Waals surface area contributed by atoms with Crippen molar-refractivity contribution in [3.63, 3.8) is 0 Å². The molecule has 0 spiro atoms. The SMILES string of the molecule is O=C(Nc1ccc(C(=O)NCCCc2nc3ccccc3[nH]2)s1)c1ccco1. The number of thiophene rings is 1. The minimum Gasteiger partial charge on any atom is -0.459 e. The summed E-state index contributed by atoms with van der Waals surface area (Å²) in [6, 6.07) is 14.5. The van der Waals surface area contributed by atoms with Crippen LogP contribution in [-0.4, -0.2) is 28.3 Å². The number of furan rings is 1. The number of nitrogens with one attached hydrogen (secondary N) is 3. The molecular weight excluding hydrogens is 376 g/mol. The Labute approximate surface area is 164 Å². The van der Waals surface area contributed by atoms with Crippen molar-refractivity contribution in [2.75, 3.05) is 11.9 Å². The van der Waals surface area contributed by atoms with Gasteiger partial charge in [-0.05, 0) is 42.8 Å². The smallest absolute Gasteiger partial charge is 0.291 e. The van der Waals surface area contributed by atoms with Gasteiger partial charge in [-0.2, -0.15) is 0 Å². The molecule has 0 aliphatic carbocycles. The summed E-state index contributed by atoms with van der Waals surface area (Å²) in [6.07, 6.45) is 2.97. The average Bonchev–Trinajstić information content (AvgIpc) is 3.45. The third-order valence-corrected chi connectivity index (χ3v) is 5.13. The summed E-state index contributed by atoms with van der Waals surface area (Å²) < 4.78 is 5.05. The normalized spacial score (nSPS) is 10.9. The number of para-hydroxylation sites is 2. The first-order valence-corrected chi connectivity index (χ1v) is 9.67. The molecular formula is C20H18N4O3S. The van der Waals surface area contributed by atoms with Crippen LogP contribution in [0.2, 0.25) is 0 Å². The Morgan fingerprint density at radius 3 is 2.79 bits per heavy atom. The number of amides is 2. The lowest BCUT2D eigenvalue weighted by molar-refractivity contribution is 0.0955. The van der Waals surface area contributed by atoms with E-state index in [0.717, 1.165) is 29.7 Å². The maximum atomic E-state index is 12.3. The Hall–Kier alpha value is -3.39. The first-order valence-electron chi connectivity index (χ1n) is 8.85. The number of anilines is 1. The monoisotopic (exact) mass is 394 g/mol. The predicted octanol–water partition coefficient (Wildman–Crippen LogP) is 3.83. The molecule has 0 atom stereocenters. The predicted molar refractivity (Wildman–Crippen MR) is 108 cm³/mol. The van der Waals surface area contributed by atoms with Crippen LogP contribution in [0, 0.1) is 0 Å². The molecule has 4 rings (SSSR count). The Balaban J connectivity index is 1.25. The van der Waals surface area contributed by atoms with Crippen molar-refractivity contribution in [2.45, 2.75) is 12.8 Å². The van der Waals surface area contributed by atoms with E-state index < -0.39 is 0 Å². The third kappa shape index (κ3) is 4.12. The van der Waals surface area contributed by atoms with Crippen LogP contribution >= 0.6 is 11.3 Å². The maximum Gasteiger partial charge on any atom is 0.291 e. The first kappa shape index (κ1) is 18.0.